The van der Waals surface area contributed by atoms with Crippen LogP contribution in [0.1, 0.15) is 35.1 Å². The molecule has 1 aliphatic heterocycles. The van der Waals surface area contributed by atoms with Crippen LogP contribution < -0.4 is 5.32 Å². The second-order valence-corrected chi connectivity index (χ2v) is 7.73. The Kier molecular flexibility index (Phi) is 4.12. The number of anilines is 1. The predicted octanol–water partition coefficient (Wildman–Crippen LogP) is 6.95. The Bertz CT molecular complexity index is 845. The molecule has 6 heteroatoms. The Labute approximate surface area is 157 Å². The summed E-state index contributed by atoms with van der Waals surface area (Å²) in [5.74, 6) is -0.256. The third-order valence-electron chi connectivity index (χ3n) is 5.00. The van der Waals surface area contributed by atoms with Gasteiger partial charge in [0, 0.05) is 10.4 Å². The van der Waals surface area contributed by atoms with Crippen molar-refractivity contribution in [1.29, 1.82) is 0 Å². The van der Waals surface area contributed by atoms with Crippen LogP contribution in [0.3, 0.4) is 0 Å². The molecule has 3 atom stereocenters. The molecule has 25 heavy (non-hydrogen) atoms. The van der Waals surface area contributed by atoms with E-state index in [1.165, 1.54) is 6.07 Å². The molecule has 0 bridgehead atoms. The average molecular weight is 429 g/mol. The molecule has 0 radical (unpaired) electrons. The molecule has 0 unspecified atom stereocenters. The molecule has 4 rings (SSSR count). The highest BCUT2D eigenvalue weighted by atomic mass is 79.9. The molecule has 2 aliphatic rings. The van der Waals surface area contributed by atoms with Gasteiger partial charge in [-0.1, -0.05) is 51.8 Å². The molecule has 0 saturated carbocycles. The number of benzene rings is 2. The van der Waals surface area contributed by atoms with Crippen LogP contribution in [0.15, 0.2) is 53.0 Å². The normalized spacial score (nSPS) is 24.6. The molecule has 0 aromatic heterocycles. The van der Waals surface area contributed by atoms with Crippen molar-refractivity contribution < 1.29 is 13.2 Å². The van der Waals surface area contributed by atoms with E-state index in [9.17, 15) is 13.2 Å². The molecule has 0 saturated heterocycles. The van der Waals surface area contributed by atoms with Crippen molar-refractivity contribution >= 4 is 33.2 Å². The van der Waals surface area contributed by atoms with Gasteiger partial charge in [-0.2, -0.15) is 13.2 Å². The summed E-state index contributed by atoms with van der Waals surface area (Å²) in [5, 5.41) is 3.62. The summed E-state index contributed by atoms with van der Waals surface area (Å²) >= 11 is 9.69. The molecule has 2 aromatic carbocycles. The minimum Gasteiger partial charge on any atom is -0.376 e. The van der Waals surface area contributed by atoms with Gasteiger partial charge in [-0.05, 0) is 47.7 Å². The first-order chi connectivity index (χ1) is 11.9. The second kappa shape index (κ2) is 6.06. The Balaban J connectivity index is 1.87. The summed E-state index contributed by atoms with van der Waals surface area (Å²) < 4.78 is 41.6. The van der Waals surface area contributed by atoms with E-state index in [2.05, 4.69) is 21.2 Å². The van der Waals surface area contributed by atoms with E-state index in [0.717, 1.165) is 22.5 Å². The monoisotopic (exact) mass is 427 g/mol. The number of hydrogen-bond donors (Lipinski definition) is 1. The van der Waals surface area contributed by atoms with Gasteiger partial charge in [0.25, 0.3) is 0 Å². The summed E-state index contributed by atoms with van der Waals surface area (Å²) in [6, 6.07) is 10.2. The highest BCUT2D eigenvalue weighted by Gasteiger charge is 2.44. The summed E-state index contributed by atoms with van der Waals surface area (Å²) in [6.07, 6.45) is 0.199. The van der Waals surface area contributed by atoms with Gasteiger partial charge in [0.2, 0.25) is 0 Å². The van der Waals surface area contributed by atoms with Crippen molar-refractivity contribution in [3.05, 3.63) is 74.7 Å². The van der Waals surface area contributed by atoms with E-state index in [4.69, 9.17) is 11.6 Å². The van der Waals surface area contributed by atoms with Gasteiger partial charge in [0.1, 0.15) is 0 Å². The molecular formula is C19H14BrClF3N. The number of halogens is 5. The van der Waals surface area contributed by atoms with Gasteiger partial charge in [0.05, 0.1) is 22.3 Å². The van der Waals surface area contributed by atoms with E-state index >= 15 is 0 Å². The number of allylic oxidation sites excluding steroid dienone is 2. The summed E-state index contributed by atoms with van der Waals surface area (Å²) in [4.78, 5) is 0. The van der Waals surface area contributed by atoms with Gasteiger partial charge >= 0.3 is 6.18 Å². The lowest BCUT2D eigenvalue weighted by molar-refractivity contribution is -0.138. The van der Waals surface area contributed by atoms with Gasteiger partial charge in [-0.15, -0.1) is 0 Å². The smallest absolute Gasteiger partial charge is 0.376 e. The number of fused-ring (bicyclic) bond motifs is 3. The fraction of sp³-hybridized carbons (Fsp3) is 0.263. The Morgan fingerprint density at radius 1 is 1.08 bits per heavy atom. The fourth-order valence-electron chi connectivity index (χ4n) is 3.92. The fourth-order valence-corrected chi connectivity index (χ4v) is 4.41. The molecule has 0 amide bonds. The SMILES string of the molecule is FC(F)(F)c1ccc(Cl)c2c1[C@@H]1C=CC[C@@H]1[C@H](c1ccc(Br)cc1)N2. The van der Waals surface area contributed by atoms with Crippen molar-refractivity contribution in [2.75, 3.05) is 5.32 Å². The van der Waals surface area contributed by atoms with Crippen LogP contribution in [-0.2, 0) is 6.18 Å². The first kappa shape index (κ1) is 17.0. The summed E-state index contributed by atoms with van der Waals surface area (Å²) in [7, 11) is 0. The van der Waals surface area contributed by atoms with Crippen molar-refractivity contribution in [1.82, 2.24) is 0 Å². The van der Waals surface area contributed by atoms with E-state index in [0.29, 0.717) is 10.7 Å². The number of alkyl halides is 3. The zero-order valence-corrected chi connectivity index (χ0v) is 15.3. The van der Waals surface area contributed by atoms with Gasteiger partial charge in [-0.3, -0.25) is 0 Å². The zero-order valence-electron chi connectivity index (χ0n) is 12.9. The highest BCUT2D eigenvalue weighted by Crippen LogP contribution is 2.54. The minimum atomic E-state index is -4.40. The maximum Gasteiger partial charge on any atom is 0.416 e. The molecule has 1 aliphatic carbocycles. The first-order valence-corrected chi connectivity index (χ1v) is 9.11. The molecule has 0 fully saturated rings. The van der Waals surface area contributed by atoms with Crippen molar-refractivity contribution in [3.63, 3.8) is 0 Å². The van der Waals surface area contributed by atoms with E-state index in [1.54, 1.807) is 0 Å². The van der Waals surface area contributed by atoms with Gasteiger partial charge < -0.3 is 5.32 Å². The molecule has 1 N–H and O–H groups in total. The van der Waals surface area contributed by atoms with Crippen molar-refractivity contribution in [2.45, 2.75) is 24.6 Å². The Morgan fingerprint density at radius 2 is 1.80 bits per heavy atom. The quantitative estimate of drug-likeness (QED) is 0.485. The van der Waals surface area contributed by atoms with Crippen LogP contribution >= 0.6 is 27.5 Å². The van der Waals surface area contributed by atoms with E-state index in [-0.39, 0.29) is 23.4 Å². The van der Waals surface area contributed by atoms with Crippen LogP contribution in [0.5, 0.6) is 0 Å². The average Bonchev–Trinajstić information content (AvgIpc) is 3.04. The first-order valence-electron chi connectivity index (χ1n) is 7.94. The minimum absolute atomic E-state index is 0.0354. The standard InChI is InChI=1S/C19H14BrClF3N/c20-11-6-4-10(5-7-11)17-13-3-1-2-12(13)16-14(19(22,23)24)8-9-15(21)18(16)25-17/h1-2,4-9,12-13,17,25H,3H2/t12-,13+,17+/m1/s1. The lowest BCUT2D eigenvalue weighted by Gasteiger charge is -2.39. The summed E-state index contributed by atoms with van der Waals surface area (Å²) in [6.45, 7) is 0. The molecule has 1 nitrogen and oxygen atoms in total. The molecule has 1 heterocycles. The van der Waals surface area contributed by atoms with Crippen molar-refractivity contribution in [2.24, 2.45) is 5.92 Å². The van der Waals surface area contributed by atoms with Crippen LogP contribution in [0.2, 0.25) is 5.02 Å². The number of rotatable bonds is 1. The predicted molar refractivity (Wildman–Crippen MR) is 96.9 cm³/mol. The molecule has 0 spiro atoms. The number of hydrogen-bond acceptors (Lipinski definition) is 1. The number of nitrogens with one attached hydrogen (secondary N) is 1. The summed E-state index contributed by atoms with van der Waals surface area (Å²) in [5.41, 5.74) is 1.11. The maximum absolute atomic E-state index is 13.5. The third kappa shape index (κ3) is 2.87. The molecular weight excluding hydrogens is 415 g/mol. The molecule has 2 aromatic rings. The Morgan fingerprint density at radius 3 is 2.48 bits per heavy atom. The van der Waals surface area contributed by atoms with Crippen LogP contribution in [0.25, 0.3) is 0 Å². The van der Waals surface area contributed by atoms with Crippen LogP contribution in [0.4, 0.5) is 18.9 Å². The maximum atomic E-state index is 13.5. The van der Waals surface area contributed by atoms with E-state index in [1.807, 2.05) is 36.4 Å². The second-order valence-electron chi connectivity index (χ2n) is 6.41. The van der Waals surface area contributed by atoms with E-state index < -0.39 is 11.7 Å². The Hall–Kier alpha value is -1.46. The largest absolute Gasteiger partial charge is 0.416 e. The topological polar surface area (TPSA) is 12.0 Å². The highest BCUT2D eigenvalue weighted by molar-refractivity contribution is 9.10. The lowest BCUT2D eigenvalue weighted by atomic mass is 9.75. The van der Waals surface area contributed by atoms with Gasteiger partial charge in [0.15, 0.2) is 0 Å². The molecule has 130 valence electrons. The van der Waals surface area contributed by atoms with Gasteiger partial charge in [-0.25, -0.2) is 0 Å². The van der Waals surface area contributed by atoms with Crippen molar-refractivity contribution in [3.8, 4) is 0 Å². The van der Waals surface area contributed by atoms with Crippen LogP contribution in [-0.4, -0.2) is 0 Å². The lowest BCUT2D eigenvalue weighted by Crippen LogP contribution is -2.31. The third-order valence-corrected chi connectivity index (χ3v) is 5.85. The van der Waals surface area contributed by atoms with Crippen LogP contribution in [0, 0.1) is 5.92 Å². The zero-order chi connectivity index (χ0) is 17.8.